The molecule has 0 aliphatic rings. The first-order chi connectivity index (χ1) is 8.44. The molecule has 2 N–H and O–H groups in total. The van der Waals surface area contributed by atoms with Crippen LogP contribution in [0.2, 0.25) is 0 Å². The lowest BCUT2D eigenvalue weighted by atomic mass is 10.3. The number of benzene rings is 1. The largest absolute Gasteiger partial charge is 0.431 e. The highest BCUT2D eigenvalue weighted by atomic mass is 32.2. The molecule has 0 radical (unpaired) electrons. The fraction of sp³-hybridized carbons (Fsp3) is 0.300. The second-order valence-corrected chi connectivity index (χ2v) is 4.31. The van der Waals surface area contributed by atoms with Gasteiger partial charge in [0, 0.05) is 11.8 Å². The van der Waals surface area contributed by atoms with Gasteiger partial charge in [-0.05, 0) is 23.9 Å². The summed E-state index contributed by atoms with van der Waals surface area (Å²) >= 11 is 0.952. The van der Waals surface area contributed by atoms with E-state index in [1.807, 2.05) is 0 Å². The maximum Gasteiger partial charge on any atom is 0.411 e. The molecule has 2 rings (SSSR count). The Labute approximate surface area is 104 Å². The van der Waals surface area contributed by atoms with Crippen molar-refractivity contribution in [2.75, 3.05) is 18.3 Å². The van der Waals surface area contributed by atoms with Gasteiger partial charge in [-0.25, -0.2) is 4.98 Å². The summed E-state index contributed by atoms with van der Waals surface area (Å²) < 4.78 is 45.1. The Morgan fingerprint density at radius 2 is 2.17 bits per heavy atom. The average Bonchev–Trinajstić information content (AvgIpc) is 2.65. The third-order valence-corrected chi connectivity index (χ3v) is 2.63. The highest BCUT2D eigenvalue weighted by Gasteiger charge is 2.27. The van der Waals surface area contributed by atoms with E-state index >= 15 is 0 Å². The molecule has 0 bridgehead atoms. The molecular formula is C10H9F3N2O2S. The number of thioether (sulfide) groups is 1. The van der Waals surface area contributed by atoms with Crippen LogP contribution in [0.25, 0.3) is 11.1 Å². The molecule has 0 saturated heterocycles. The Morgan fingerprint density at radius 1 is 1.39 bits per heavy atom. The number of aromatic nitrogens is 1. The van der Waals surface area contributed by atoms with Gasteiger partial charge in [0.2, 0.25) is 0 Å². The van der Waals surface area contributed by atoms with Crippen LogP contribution in [-0.4, -0.2) is 23.7 Å². The molecule has 1 heterocycles. The van der Waals surface area contributed by atoms with Gasteiger partial charge in [-0.2, -0.15) is 13.2 Å². The van der Waals surface area contributed by atoms with E-state index in [0.29, 0.717) is 16.8 Å². The van der Waals surface area contributed by atoms with E-state index in [-0.39, 0.29) is 11.2 Å². The molecule has 4 nitrogen and oxygen atoms in total. The number of nitrogens with two attached hydrogens (primary N) is 1. The molecule has 98 valence electrons. The second-order valence-electron chi connectivity index (χ2n) is 3.43. The van der Waals surface area contributed by atoms with Gasteiger partial charge in [-0.1, -0.05) is 0 Å². The first kappa shape index (κ1) is 13.0. The van der Waals surface area contributed by atoms with Crippen LogP contribution in [-0.2, 0) is 4.74 Å². The van der Waals surface area contributed by atoms with Gasteiger partial charge < -0.3 is 14.9 Å². The molecule has 1 aromatic heterocycles. The van der Waals surface area contributed by atoms with Crippen molar-refractivity contribution in [2.24, 2.45) is 0 Å². The zero-order chi connectivity index (χ0) is 13.2. The Bertz CT molecular complexity index is 541. The van der Waals surface area contributed by atoms with E-state index < -0.39 is 12.8 Å². The van der Waals surface area contributed by atoms with Crippen LogP contribution in [0.5, 0.6) is 0 Å². The molecule has 0 atom stereocenters. The molecule has 8 heteroatoms. The highest BCUT2D eigenvalue weighted by molar-refractivity contribution is 7.98. The minimum atomic E-state index is -4.32. The van der Waals surface area contributed by atoms with Crippen LogP contribution in [0.1, 0.15) is 0 Å². The van der Waals surface area contributed by atoms with Crippen molar-refractivity contribution < 1.29 is 22.3 Å². The van der Waals surface area contributed by atoms with Gasteiger partial charge in [0.05, 0.1) is 0 Å². The number of hydrogen-bond acceptors (Lipinski definition) is 5. The van der Waals surface area contributed by atoms with Crippen molar-refractivity contribution >= 4 is 28.5 Å². The van der Waals surface area contributed by atoms with Crippen LogP contribution >= 0.6 is 11.8 Å². The quantitative estimate of drug-likeness (QED) is 0.403. The molecule has 2 aromatic rings. The van der Waals surface area contributed by atoms with E-state index in [1.165, 1.54) is 0 Å². The molecular weight excluding hydrogens is 269 g/mol. The van der Waals surface area contributed by atoms with Gasteiger partial charge in [0.25, 0.3) is 5.22 Å². The number of nitrogen functional groups attached to an aromatic ring is 1. The van der Waals surface area contributed by atoms with Gasteiger partial charge >= 0.3 is 6.18 Å². The Morgan fingerprint density at radius 3 is 2.89 bits per heavy atom. The number of oxazole rings is 1. The summed E-state index contributed by atoms with van der Waals surface area (Å²) in [6.45, 7) is -1.28. The first-order valence-electron chi connectivity index (χ1n) is 4.87. The second kappa shape index (κ2) is 5.07. The SMILES string of the molecule is Nc1ccc2nc(SCOCC(F)(F)F)oc2c1. The zero-order valence-electron chi connectivity index (χ0n) is 9.03. The summed E-state index contributed by atoms with van der Waals surface area (Å²) in [6.07, 6.45) is -4.32. The molecule has 0 spiro atoms. The predicted octanol–water partition coefficient (Wildman–Crippen LogP) is 3.04. The van der Waals surface area contributed by atoms with Crippen LogP contribution in [0.4, 0.5) is 18.9 Å². The van der Waals surface area contributed by atoms with Crippen molar-refractivity contribution in [2.45, 2.75) is 11.4 Å². The third-order valence-electron chi connectivity index (χ3n) is 1.92. The Balaban J connectivity index is 1.92. The first-order valence-corrected chi connectivity index (χ1v) is 5.86. The van der Waals surface area contributed by atoms with Gasteiger partial charge in [-0.15, -0.1) is 0 Å². The lowest BCUT2D eigenvalue weighted by molar-refractivity contribution is -0.168. The summed E-state index contributed by atoms with van der Waals surface area (Å²) in [5.41, 5.74) is 7.18. The van der Waals surface area contributed by atoms with Crippen molar-refractivity contribution in [1.29, 1.82) is 0 Å². The zero-order valence-corrected chi connectivity index (χ0v) is 9.85. The lowest BCUT2D eigenvalue weighted by Gasteiger charge is -2.05. The molecule has 0 aliphatic carbocycles. The number of anilines is 1. The average molecular weight is 278 g/mol. The van der Waals surface area contributed by atoms with E-state index in [1.54, 1.807) is 18.2 Å². The number of rotatable bonds is 4. The van der Waals surface area contributed by atoms with E-state index in [0.717, 1.165) is 11.8 Å². The van der Waals surface area contributed by atoms with Crippen molar-refractivity contribution in [3.05, 3.63) is 18.2 Å². The van der Waals surface area contributed by atoms with Crippen molar-refractivity contribution in [3.63, 3.8) is 0 Å². The molecule has 0 unspecified atom stereocenters. The van der Waals surface area contributed by atoms with E-state index in [4.69, 9.17) is 10.2 Å². The smallest absolute Gasteiger partial charge is 0.411 e. The van der Waals surface area contributed by atoms with Crippen molar-refractivity contribution in [3.8, 4) is 0 Å². The summed E-state index contributed by atoms with van der Waals surface area (Å²) in [5.74, 6) is -0.179. The minimum absolute atomic E-state index is 0.179. The number of hydrogen-bond donors (Lipinski definition) is 1. The molecule has 1 aromatic carbocycles. The Hall–Kier alpha value is -1.41. The topological polar surface area (TPSA) is 61.3 Å². The van der Waals surface area contributed by atoms with Crippen LogP contribution in [0, 0.1) is 0 Å². The van der Waals surface area contributed by atoms with Crippen LogP contribution in [0.3, 0.4) is 0 Å². The molecule has 0 saturated carbocycles. The number of ether oxygens (including phenoxy) is 1. The number of alkyl halides is 3. The van der Waals surface area contributed by atoms with E-state index in [2.05, 4.69) is 9.72 Å². The van der Waals surface area contributed by atoms with Crippen LogP contribution in [0.15, 0.2) is 27.8 Å². The Kier molecular flexibility index (Phi) is 3.67. The number of fused-ring (bicyclic) bond motifs is 1. The van der Waals surface area contributed by atoms with Gasteiger partial charge in [0.15, 0.2) is 5.58 Å². The summed E-state index contributed by atoms with van der Waals surface area (Å²) in [6, 6.07) is 4.94. The molecule has 0 amide bonds. The van der Waals surface area contributed by atoms with Gasteiger partial charge in [0.1, 0.15) is 18.1 Å². The predicted molar refractivity (Wildman–Crippen MR) is 61.2 cm³/mol. The lowest BCUT2D eigenvalue weighted by Crippen LogP contribution is -2.16. The standard InChI is InChI=1S/C10H9F3N2O2S/c11-10(12,13)4-16-5-18-9-15-7-2-1-6(14)3-8(7)17-9/h1-3H,4-5,14H2. The highest BCUT2D eigenvalue weighted by Crippen LogP contribution is 2.25. The van der Waals surface area contributed by atoms with Crippen molar-refractivity contribution in [1.82, 2.24) is 4.98 Å². The van der Waals surface area contributed by atoms with E-state index in [9.17, 15) is 13.2 Å². The summed E-state index contributed by atoms with van der Waals surface area (Å²) in [4.78, 5) is 4.07. The third kappa shape index (κ3) is 3.54. The normalized spacial score (nSPS) is 12.2. The molecule has 18 heavy (non-hydrogen) atoms. The number of halogens is 3. The minimum Gasteiger partial charge on any atom is -0.431 e. The molecule has 0 aliphatic heterocycles. The number of nitrogens with zero attached hydrogens (tertiary/aromatic N) is 1. The summed E-state index contributed by atoms with van der Waals surface area (Å²) in [7, 11) is 0. The summed E-state index contributed by atoms with van der Waals surface area (Å²) in [5, 5.41) is 0.248. The maximum atomic E-state index is 11.8. The fourth-order valence-corrected chi connectivity index (χ4v) is 1.81. The molecule has 0 fully saturated rings. The maximum absolute atomic E-state index is 11.8. The monoisotopic (exact) mass is 278 g/mol. The van der Waals surface area contributed by atoms with Crippen LogP contribution < -0.4 is 5.73 Å². The fourth-order valence-electron chi connectivity index (χ4n) is 1.23. The van der Waals surface area contributed by atoms with Gasteiger partial charge in [-0.3, -0.25) is 0 Å².